The van der Waals surface area contributed by atoms with Gasteiger partial charge >= 0.3 is 6.61 Å². The fourth-order valence-electron chi connectivity index (χ4n) is 2.14. The zero-order valence-electron chi connectivity index (χ0n) is 14.4. The summed E-state index contributed by atoms with van der Waals surface area (Å²) in [5.74, 6) is 0.370. The van der Waals surface area contributed by atoms with E-state index in [2.05, 4.69) is 25.3 Å². The number of guanidine groups is 1. The third-order valence-corrected chi connectivity index (χ3v) is 5.01. The van der Waals surface area contributed by atoms with Gasteiger partial charge in [0.15, 0.2) is 5.96 Å². The SMILES string of the molecule is CN=C(NCc1nc(C)c(C)s1)NCc1cc(Cl)cc(Cl)c1OC(F)F. The number of thiazole rings is 1. The van der Waals surface area contributed by atoms with Crippen LogP contribution >= 0.6 is 34.5 Å². The maximum absolute atomic E-state index is 12.6. The number of alkyl halides is 2. The molecule has 0 radical (unpaired) electrons. The van der Waals surface area contributed by atoms with Crippen LogP contribution in [0.25, 0.3) is 0 Å². The number of nitrogens with zero attached hydrogens (tertiary/aromatic N) is 2. The van der Waals surface area contributed by atoms with Crippen LogP contribution in [0.4, 0.5) is 8.78 Å². The van der Waals surface area contributed by atoms with Gasteiger partial charge in [-0.25, -0.2) is 4.98 Å². The zero-order valence-corrected chi connectivity index (χ0v) is 16.7. The predicted molar refractivity (Wildman–Crippen MR) is 102 cm³/mol. The van der Waals surface area contributed by atoms with Crippen LogP contribution in [-0.2, 0) is 13.1 Å². The van der Waals surface area contributed by atoms with Crippen LogP contribution in [0.1, 0.15) is 21.1 Å². The van der Waals surface area contributed by atoms with Crippen molar-refractivity contribution in [1.29, 1.82) is 0 Å². The van der Waals surface area contributed by atoms with E-state index < -0.39 is 6.61 Å². The molecule has 1 heterocycles. The minimum Gasteiger partial charge on any atom is -0.433 e. The van der Waals surface area contributed by atoms with Crippen molar-refractivity contribution in [2.24, 2.45) is 4.99 Å². The number of halogens is 4. The molecule has 2 aromatic rings. The van der Waals surface area contributed by atoms with Gasteiger partial charge in [0.2, 0.25) is 0 Å². The topological polar surface area (TPSA) is 58.5 Å². The van der Waals surface area contributed by atoms with Gasteiger partial charge in [0.05, 0.1) is 17.3 Å². The monoisotopic (exact) mass is 422 g/mol. The van der Waals surface area contributed by atoms with Crippen molar-refractivity contribution in [3.8, 4) is 5.75 Å². The number of ether oxygens (including phenoxy) is 1. The largest absolute Gasteiger partial charge is 0.433 e. The molecule has 10 heteroatoms. The molecule has 26 heavy (non-hydrogen) atoms. The highest BCUT2D eigenvalue weighted by Crippen LogP contribution is 2.33. The Morgan fingerprint density at radius 2 is 1.96 bits per heavy atom. The number of hydrogen-bond acceptors (Lipinski definition) is 4. The number of hydrogen-bond donors (Lipinski definition) is 2. The Kier molecular flexibility index (Phi) is 7.43. The first-order chi connectivity index (χ1) is 12.3. The maximum atomic E-state index is 12.6. The number of rotatable bonds is 6. The van der Waals surface area contributed by atoms with Crippen molar-refractivity contribution in [3.05, 3.63) is 43.3 Å². The summed E-state index contributed by atoms with van der Waals surface area (Å²) in [4.78, 5) is 9.70. The molecule has 1 aromatic carbocycles. The summed E-state index contributed by atoms with van der Waals surface area (Å²) in [7, 11) is 1.61. The first-order valence-electron chi connectivity index (χ1n) is 7.60. The summed E-state index contributed by atoms with van der Waals surface area (Å²) in [5, 5.41) is 7.41. The highest BCUT2D eigenvalue weighted by atomic mass is 35.5. The number of aromatic nitrogens is 1. The van der Waals surface area contributed by atoms with Crippen molar-refractivity contribution in [1.82, 2.24) is 15.6 Å². The molecule has 0 atom stereocenters. The molecular formula is C16H18Cl2F2N4OS. The number of benzene rings is 1. The van der Waals surface area contributed by atoms with Crippen molar-refractivity contribution >= 4 is 40.5 Å². The molecule has 0 bridgehead atoms. The first kappa shape index (κ1) is 20.7. The molecule has 0 aliphatic rings. The normalized spacial score (nSPS) is 11.8. The number of aliphatic imine (C=N–C) groups is 1. The molecule has 0 fully saturated rings. The van der Waals surface area contributed by atoms with E-state index in [1.807, 2.05) is 13.8 Å². The third-order valence-electron chi connectivity index (χ3n) is 3.44. The molecular weight excluding hydrogens is 405 g/mol. The second kappa shape index (κ2) is 9.34. The minimum absolute atomic E-state index is 0.0197. The molecule has 0 saturated carbocycles. The van der Waals surface area contributed by atoms with E-state index in [-0.39, 0.29) is 17.3 Å². The van der Waals surface area contributed by atoms with Crippen LogP contribution in [-0.4, -0.2) is 24.6 Å². The van der Waals surface area contributed by atoms with Crippen LogP contribution < -0.4 is 15.4 Å². The Labute approximate surface area is 164 Å². The van der Waals surface area contributed by atoms with Gasteiger partial charge in [-0.1, -0.05) is 23.2 Å². The van der Waals surface area contributed by atoms with Crippen LogP contribution in [0.15, 0.2) is 17.1 Å². The van der Waals surface area contributed by atoms with Crippen molar-refractivity contribution < 1.29 is 13.5 Å². The van der Waals surface area contributed by atoms with Gasteiger partial charge in [-0.3, -0.25) is 4.99 Å². The molecule has 2 N–H and O–H groups in total. The van der Waals surface area contributed by atoms with Crippen molar-refractivity contribution in [3.63, 3.8) is 0 Å². The minimum atomic E-state index is -2.98. The molecule has 2 rings (SSSR count). The second-order valence-corrected chi connectivity index (χ2v) is 7.41. The van der Waals surface area contributed by atoms with Crippen LogP contribution in [0.3, 0.4) is 0 Å². The van der Waals surface area contributed by atoms with Gasteiger partial charge in [-0.05, 0) is 26.0 Å². The van der Waals surface area contributed by atoms with Crippen LogP contribution in [0.5, 0.6) is 5.75 Å². The van der Waals surface area contributed by atoms with E-state index in [9.17, 15) is 8.78 Å². The standard InChI is InChI=1S/C16H18Cl2F2N4OS/c1-8-9(2)26-13(24-8)7-23-16(21-3)22-6-10-4-11(17)5-12(18)14(10)25-15(19)20/h4-5,15H,6-7H2,1-3H3,(H2,21,22,23). The lowest BCUT2D eigenvalue weighted by Gasteiger charge is -2.15. The van der Waals surface area contributed by atoms with Crippen LogP contribution in [0.2, 0.25) is 10.0 Å². The van der Waals surface area contributed by atoms with Crippen molar-refractivity contribution in [2.75, 3.05) is 7.05 Å². The Balaban J connectivity index is 2.03. The molecule has 5 nitrogen and oxygen atoms in total. The van der Waals surface area contributed by atoms with E-state index in [0.29, 0.717) is 23.1 Å². The van der Waals surface area contributed by atoms with E-state index in [0.717, 1.165) is 15.6 Å². The molecule has 142 valence electrons. The molecule has 0 saturated heterocycles. The fourth-order valence-corrected chi connectivity index (χ4v) is 3.59. The van der Waals surface area contributed by atoms with E-state index in [4.69, 9.17) is 23.2 Å². The van der Waals surface area contributed by atoms with Gasteiger partial charge in [0, 0.05) is 29.1 Å². The van der Waals surface area contributed by atoms with E-state index in [1.165, 1.54) is 12.1 Å². The summed E-state index contributed by atoms with van der Waals surface area (Å²) in [5.41, 5.74) is 1.39. The van der Waals surface area contributed by atoms with Gasteiger partial charge in [-0.15, -0.1) is 11.3 Å². The van der Waals surface area contributed by atoms with Gasteiger partial charge in [0.1, 0.15) is 10.8 Å². The average Bonchev–Trinajstić information content (AvgIpc) is 2.88. The van der Waals surface area contributed by atoms with Crippen LogP contribution in [0, 0.1) is 13.8 Å². The summed E-state index contributed by atoms with van der Waals surface area (Å²) >= 11 is 13.5. The highest BCUT2D eigenvalue weighted by Gasteiger charge is 2.15. The predicted octanol–water partition coefficient (Wildman–Crippen LogP) is 4.53. The van der Waals surface area contributed by atoms with E-state index >= 15 is 0 Å². The zero-order chi connectivity index (χ0) is 19.3. The molecule has 0 unspecified atom stereocenters. The molecule has 0 aliphatic heterocycles. The summed E-state index contributed by atoms with van der Waals surface area (Å²) in [6.07, 6.45) is 0. The summed E-state index contributed by atoms with van der Waals surface area (Å²) in [6, 6.07) is 2.86. The smallest absolute Gasteiger partial charge is 0.387 e. The molecule has 1 aromatic heterocycles. The Bertz CT molecular complexity index is 779. The Morgan fingerprint density at radius 3 is 2.54 bits per heavy atom. The summed E-state index contributed by atoms with van der Waals surface area (Å²) < 4.78 is 29.7. The average molecular weight is 423 g/mol. The summed E-state index contributed by atoms with van der Waals surface area (Å²) in [6.45, 7) is 1.63. The highest BCUT2D eigenvalue weighted by molar-refractivity contribution is 7.11. The lowest BCUT2D eigenvalue weighted by Crippen LogP contribution is -2.36. The number of aryl methyl sites for hydroxylation is 2. The van der Waals surface area contributed by atoms with E-state index in [1.54, 1.807) is 18.4 Å². The van der Waals surface area contributed by atoms with Gasteiger partial charge in [-0.2, -0.15) is 8.78 Å². The Hall–Kier alpha value is -1.64. The number of nitrogens with one attached hydrogen (secondary N) is 2. The lowest BCUT2D eigenvalue weighted by atomic mass is 10.2. The van der Waals surface area contributed by atoms with Crippen molar-refractivity contribution in [2.45, 2.75) is 33.5 Å². The maximum Gasteiger partial charge on any atom is 0.387 e. The fraction of sp³-hybridized carbons (Fsp3) is 0.375. The second-order valence-electron chi connectivity index (χ2n) is 5.28. The molecule has 0 aliphatic carbocycles. The Morgan fingerprint density at radius 1 is 1.27 bits per heavy atom. The first-order valence-corrected chi connectivity index (χ1v) is 9.17. The quantitative estimate of drug-likeness (QED) is 0.530. The molecule has 0 amide bonds. The van der Waals surface area contributed by atoms with Gasteiger partial charge in [0.25, 0.3) is 0 Å². The third kappa shape index (κ3) is 5.69. The molecule has 0 spiro atoms. The van der Waals surface area contributed by atoms with Gasteiger partial charge < -0.3 is 15.4 Å². The lowest BCUT2D eigenvalue weighted by molar-refractivity contribution is -0.0504.